The summed E-state index contributed by atoms with van der Waals surface area (Å²) in [5.74, 6) is 1.38. The average Bonchev–Trinajstić information content (AvgIpc) is 3.45. The minimum absolute atomic E-state index is 0.0406. The third kappa shape index (κ3) is 3.85. The topological polar surface area (TPSA) is 74.1 Å². The predicted molar refractivity (Wildman–Crippen MR) is 116 cm³/mol. The lowest BCUT2D eigenvalue weighted by Gasteiger charge is -2.19. The molecule has 0 saturated carbocycles. The number of aromatic nitrogens is 3. The Morgan fingerprint density at radius 2 is 1.90 bits per heavy atom. The van der Waals surface area contributed by atoms with E-state index >= 15 is 0 Å². The van der Waals surface area contributed by atoms with Gasteiger partial charge in [-0.25, -0.2) is 0 Å². The molecule has 0 aliphatic heterocycles. The fraction of sp³-hybridized carbons (Fsp3) is 0.261. The smallest absolute Gasteiger partial charge is 0.277 e. The number of ketones is 1. The zero-order chi connectivity index (χ0) is 21.3. The van der Waals surface area contributed by atoms with Crippen molar-refractivity contribution in [1.29, 1.82) is 0 Å². The first-order chi connectivity index (χ1) is 14.5. The monoisotopic (exact) mass is 421 g/mol. The quantitative estimate of drug-likeness (QED) is 0.284. The highest BCUT2D eigenvalue weighted by Gasteiger charge is 2.21. The van der Waals surface area contributed by atoms with Crippen molar-refractivity contribution in [3.05, 3.63) is 77.0 Å². The van der Waals surface area contributed by atoms with Gasteiger partial charge in [0, 0.05) is 17.0 Å². The highest BCUT2D eigenvalue weighted by molar-refractivity contribution is 7.99. The number of thioether (sulfide) groups is 1. The lowest BCUT2D eigenvalue weighted by molar-refractivity contribution is 0.102. The summed E-state index contributed by atoms with van der Waals surface area (Å²) in [5.41, 5.74) is 4.73. The molecule has 0 bridgehead atoms. The number of Topliss-reactive ketones (excluding diaryl/α,β-unsaturated/α-hetero) is 1. The molecule has 4 aromatic rings. The molecule has 0 N–H and O–H groups in total. The van der Waals surface area contributed by atoms with Gasteiger partial charge in [0.2, 0.25) is 0 Å². The fourth-order valence-electron chi connectivity index (χ4n) is 3.72. The van der Waals surface area contributed by atoms with Crippen molar-refractivity contribution < 1.29 is 13.6 Å². The van der Waals surface area contributed by atoms with Crippen molar-refractivity contribution in [3.8, 4) is 11.5 Å². The van der Waals surface area contributed by atoms with Crippen LogP contribution in [0.5, 0.6) is 0 Å². The van der Waals surface area contributed by atoms with Gasteiger partial charge in [-0.3, -0.25) is 4.79 Å². The summed E-state index contributed by atoms with van der Waals surface area (Å²) in [4.78, 5) is 12.9. The average molecular weight is 422 g/mol. The maximum atomic E-state index is 12.9. The third-order valence-electron chi connectivity index (χ3n) is 5.28. The number of hydrogen-bond donors (Lipinski definition) is 0. The highest BCUT2D eigenvalue weighted by Crippen LogP contribution is 2.29. The number of carbonyl (C=O) groups is 1. The van der Waals surface area contributed by atoms with Crippen LogP contribution in [0.25, 0.3) is 11.5 Å². The van der Waals surface area contributed by atoms with Gasteiger partial charge in [-0.1, -0.05) is 42.1 Å². The minimum atomic E-state index is 0.0406. The Kier molecular flexibility index (Phi) is 5.63. The number of hydrogen-bond acceptors (Lipinski definition) is 6. The summed E-state index contributed by atoms with van der Waals surface area (Å²) >= 11 is 1.25. The fourth-order valence-corrected chi connectivity index (χ4v) is 4.37. The van der Waals surface area contributed by atoms with E-state index in [9.17, 15) is 4.79 Å². The summed E-state index contributed by atoms with van der Waals surface area (Å²) in [6.45, 7) is 8.02. The maximum Gasteiger partial charge on any atom is 0.277 e. The van der Waals surface area contributed by atoms with Crippen LogP contribution >= 0.6 is 11.8 Å². The van der Waals surface area contributed by atoms with E-state index in [1.54, 1.807) is 12.3 Å². The Morgan fingerprint density at radius 1 is 1.13 bits per heavy atom. The molecule has 4 rings (SSSR count). The van der Waals surface area contributed by atoms with Crippen molar-refractivity contribution in [2.45, 2.75) is 39.0 Å². The molecule has 0 fully saturated rings. The predicted octanol–water partition coefficient (Wildman–Crippen LogP) is 5.64. The Labute approximate surface area is 179 Å². The van der Waals surface area contributed by atoms with Crippen LogP contribution in [0.1, 0.15) is 46.0 Å². The molecule has 1 atom stereocenters. The van der Waals surface area contributed by atoms with Crippen LogP contribution in [-0.2, 0) is 0 Å². The number of furan rings is 1. The molecule has 1 aromatic carbocycles. The van der Waals surface area contributed by atoms with E-state index in [-0.39, 0.29) is 17.6 Å². The van der Waals surface area contributed by atoms with Crippen LogP contribution in [0, 0.1) is 20.8 Å². The van der Waals surface area contributed by atoms with Gasteiger partial charge in [0.25, 0.3) is 11.1 Å². The summed E-state index contributed by atoms with van der Waals surface area (Å²) < 4.78 is 13.2. The molecule has 0 aliphatic carbocycles. The Hall–Kier alpha value is -3.06. The zero-order valence-corrected chi connectivity index (χ0v) is 18.2. The number of rotatable bonds is 7. The lowest BCUT2D eigenvalue weighted by Crippen LogP contribution is -2.11. The molecule has 30 heavy (non-hydrogen) atoms. The molecular weight excluding hydrogens is 398 g/mol. The molecule has 6 nitrogen and oxygen atoms in total. The summed E-state index contributed by atoms with van der Waals surface area (Å²) in [5, 5.41) is 8.46. The molecular formula is C23H23N3O3S. The normalized spacial score (nSPS) is 12.3. The van der Waals surface area contributed by atoms with Crippen molar-refractivity contribution in [1.82, 2.24) is 14.8 Å². The van der Waals surface area contributed by atoms with E-state index in [0.717, 1.165) is 22.5 Å². The van der Waals surface area contributed by atoms with Gasteiger partial charge < -0.3 is 13.4 Å². The van der Waals surface area contributed by atoms with Gasteiger partial charge in [-0.05, 0) is 45.4 Å². The van der Waals surface area contributed by atoms with Crippen molar-refractivity contribution in [2.24, 2.45) is 0 Å². The van der Waals surface area contributed by atoms with E-state index in [4.69, 9.17) is 8.83 Å². The summed E-state index contributed by atoms with van der Waals surface area (Å²) in [6, 6.07) is 14.2. The van der Waals surface area contributed by atoms with Crippen LogP contribution < -0.4 is 0 Å². The van der Waals surface area contributed by atoms with E-state index in [1.807, 2.05) is 45.0 Å². The second-order valence-electron chi connectivity index (χ2n) is 7.22. The van der Waals surface area contributed by atoms with Crippen LogP contribution in [0.2, 0.25) is 0 Å². The van der Waals surface area contributed by atoms with Crippen LogP contribution in [0.3, 0.4) is 0 Å². The van der Waals surface area contributed by atoms with Crippen molar-refractivity contribution in [3.63, 3.8) is 0 Å². The Bertz CT molecular complexity index is 1170. The van der Waals surface area contributed by atoms with Crippen LogP contribution in [0.15, 0.2) is 62.8 Å². The first-order valence-corrected chi connectivity index (χ1v) is 10.7. The SMILES string of the molecule is Cc1occc1-c1nnc(SCC(=O)c2cc(C)n([C@H](C)c3ccccc3)c2C)o1. The molecule has 7 heteroatoms. The molecule has 3 aromatic heterocycles. The van der Waals surface area contributed by atoms with Gasteiger partial charge in [0.15, 0.2) is 5.78 Å². The molecule has 0 amide bonds. The summed E-state index contributed by atoms with van der Waals surface area (Å²) in [6.07, 6.45) is 1.58. The minimum Gasteiger partial charge on any atom is -0.469 e. The van der Waals surface area contributed by atoms with E-state index in [2.05, 4.69) is 33.8 Å². The van der Waals surface area contributed by atoms with E-state index < -0.39 is 0 Å². The van der Waals surface area contributed by atoms with Gasteiger partial charge in [0.1, 0.15) is 5.76 Å². The van der Waals surface area contributed by atoms with Gasteiger partial charge in [-0.2, -0.15) is 0 Å². The van der Waals surface area contributed by atoms with Crippen LogP contribution in [-0.4, -0.2) is 26.3 Å². The second-order valence-corrected chi connectivity index (χ2v) is 8.14. The first kappa shape index (κ1) is 20.2. The number of carbonyl (C=O) groups excluding carboxylic acids is 1. The van der Waals surface area contributed by atoms with Gasteiger partial charge in [0.05, 0.1) is 23.6 Å². The molecule has 3 heterocycles. The number of aryl methyl sites for hydroxylation is 2. The molecule has 0 saturated heterocycles. The van der Waals surface area contributed by atoms with E-state index in [0.29, 0.717) is 16.9 Å². The second kappa shape index (κ2) is 8.36. The van der Waals surface area contributed by atoms with Crippen LogP contribution in [0.4, 0.5) is 0 Å². The number of nitrogens with zero attached hydrogens (tertiary/aromatic N) is 3. The molecule has 0 radical (unpaired) electrons. The number of benzene rings is 1. The lowest BCUT2D eigenvalue weighted by atomic mass is 10.1. The largest absolute Gasteiger partial charge is 0.469 e. The van der Waals surface area contributed by atoms with Gasteiger partial charge in [-0.15, -0.1) is 10.2 Å². The molecule has 154 valence electrons. The first-order valence-electron chi connectivity index (χ1n) is 9.73. The molecule has 0 spiro atoms. The zero-order valence-electron chi connectivity index (χ0n) is 17.4. The standard InChI is InChI=1S/C23H23N3O3S/c1-14-12-20(16(3)26(14)15(2)18-8-6-5-7-9-18)21(27)13-30-23-25-24-22(29-23)19-10-11-28-17(19)4/h5-12,15H,13H2,1-4H3/t15-/m1/s1. The Balaban J connectivity index is 1.48. The molecule has 0 aliphatic rings. The van der Waals surface area contributed by atoms with Crippen molar-refractivity contribution in [2.75, 3.05) is 5.75 Å². The summed E-state index contributed by atoms with van der Waals surface area (Å²) in [7, 11) is 0. The van der Waals surface area contributed by atoms with Crippen molar-refractivity contribution >= 4 is 17.5 Å². The van der Waals surface area contributed by atoms with Gasteiger partial charge >= 0.3 is 0 Å². The van der Waals surface area contributed by atoms with E-state index in [1.165, 1.54) is 17.3 Å². The highest BCUT2D eigenvalue weighted by atomic mass is 32.2. The Morgan fingerprint density at radius 3 is 2.60 bits per heavy atom. The third-order valence-corrected chi connectivity index (χ3v) is 6.09. The maximum absolute atomic E-state index is 12.9. The molecule has 0 unspecified atom stereocenters.